The summed E-state index contributed by atoms with van der Waals surface area (Å²) in [5.41, 5.74) is 1.18. The summed E-state index contributed by atoms with van der Waals surface area (Å²) in [6, 6.07) is -0.238. The maximum Gasteiger partial charge on any atom is 0.228 e. The van der Waals surface area contributed by atoms with Crippen molar-refractivity contribution in [2.24, 2.45) is 5.92 Å². The van der Waals surface area contributed by atoms with Gasteiger partial charge in [0.1, 0.15) is 0 Å². The summed E-state index contributed by atoms with van der Waals surface area (Å²) < 4.78 is 23.2. The zero-order chi connectivity index (χ0) is 15.9. The molecule has 3 aliphatic heterocycles. The van der Waals surface area contributed by atoms with Gasteiger partial charge in [-0.25, -0.2) is 8.42 Å². The van der Waals surface area contributed by atoms with Crippen LogP contribution in [-0.2, 0) is 19.4 Å². The summed E-state index contributed by atoms with van der Waals surface area (Å²) in [6.45, 7) is 3.73. The van der Waals surface area contributed by atoms with Crippen molar-refractivity contribution in [3.63, 3.8) is 0 Å². The highest BCUT2D eigenvalue weighted by Gasteiger charge is 2.42. The van der Waals surface area contributed by atoms with Gasteiger partial charge in [-0.1, -0.05) is 11.6 Å². The van der Waals surface area contributed by atoms with E-state index < -0.39 is 9.84 Å². The van der Waals surface area contributed by atoms with Crippen LogP contribution in [0, 0.1) is 5.92 Å². The van der Waals surface area contributed by atoms with Crippen molar-refractivity contribution >= 4 is 21.7 Å². The van der Waals surface area contributed by atoms with Crippen LogP contribution in [0.15, 0.2) is 11.6 Å². The fourth-order valence-corrected chi connectivity index (χ4v) is 5.36. The zero-order valence-electron chi connectivity index (χ0n) is 12.8. The summed E-state index contributed by atoms with van der Waals surface area (Å²) in [4.78, 5) is 28.2. The lowest BCUT2D eigenvalue weighted by atomic mass is 10.0. The Kier molecular flexibility index (Phi) is 4.01. The second-order valence-electron chi connectivity index (χ2n) is 6.60. The third-order valence-corrected chi connectivity index (χ3v) is 6.55. The second kappa shape index (κ2) is 5.68. The lowest BCUT2D eigenvalue weighted by molar-refractivity contribution is -0.135. The predicted molar refractivity (Wildman–Crippen MR) is 81.8 cm³/mol. The van der Waals surface area contributed by atoms with E-state index in [9.17, 15) is 18.0 Å². The molecule has 0 N–H and O–H groups in total. The van der Waals surface area contributed by atoms with E-state index in [1.807, 2.05) is 11.8 Å². The number of hydrogen-bond donors (Lipinski definition) is 0. The minimum Gasteiger partial charge on any atom is -0.338 e. The molecule has 3 rings (SSSR count). The SMILES string of the molecule is CC1=CCCN(C(=O)C2CC(=O)N(C3CCS(=O)(=O)C3)C2)C1. The Hall–Kier alpha value is -1.37. The van der Waals surface area contributed by atoms with Gasteiger partial charge in [-0.2, -0.15) is 0 Å². The first-order valence-electron chi connectivity index (χ1n) is 7.80. The maximum absolute atomic E-state index is 12.6. The highest BCUT2D eigenvalue weighted by molar-refractivity contribution is 7.91. The quantitative estimate of drug-likeness (QED) is 0.680. The summed E-state index contributed by atoms with van der Waals surface area (Å²) >= 11 is 0. The first kappa shape index (κ1) is 15.5. The molecule has 0 radical (unpaired) electrons. The number of hydrogen-bond acceptors (Lipinski definition) is 4. The number of amides is 2. The number of carbonyl (C=O) groups is 2. The molecule has 0 aromatic carbocycles. The fraction of sp³-hybridized carbons (Fsp3) is 0.733. The standard InChI is InChI=1S/C15H22N2O4S/c1-11-3-2-5-16(8-11)15(19)12-7-14(18)17(9-12)13-4-6-22(20,21)10-13/h3,12-13H,2,4-10H2,1H3. The molecular formula is C15H22N2O4S. The number of nitrogens with zero attached hydrogens (tertiary/aromatic N) is 2. The largest absolute Gasteiger partial charge is 0.338 e. The molecule has 0 saturated carbocycles. The maximum atomic E-state index is 12.6. The Bertz CT molecular complexity index is 625. The molecule has 2 unspecified atom stereocenters. The normalized spacial score (nSPS) is 31.5. The van der Waals surface area contributed by atoms with Crippen molar-refractivity contribution in [3.8, 4) is 0 Å². The van der Waals surface area contributed by atoms with E-state index in [-0.39, 0.29) is 41.7 Å². The van der Waals surface area contributed by atoms with Crippen LogP contribution in [0.5, 0.6) is 0 Å². The molecule has 0 aromatic rings. The highest BCUT2D eigenvalue weighted by atomic mass is 32.2. The smallest absolute Gasteiger partial charge is 0.228 e. The van der Waals surface area contributed by atoms with Crippen molar-refractivity contribution in [1.29, 1.82) is 0 Å². The summed E-state index contributed by atoms with van der Waals surface area (Å²) in [5.74, 6) is -0.169. The van der Waals surface area contributed by atoms with Crippen LogP contribution in [0.3, 0.4) is 0 Å². The Balaban J connectivity index is 1.64. The molecule has 6 nitrogen and oxygen atoms in total. The molecule has 0 spiro atoms. The molecule has 3 heterocycles. The van der Waals surface area contributed by atoms with E-state index in [2.05, 4.69) is 6.08 Å². The molecule has 22 heavy (non-hydrogen) atoms. The lowest BCUT2D eigenvalue weighted by Gasteiger charge is -2.29. The van der Waals surface area contributed by atoms with Gasteiger partial charge in [0.25, 0.3) is 0 Å². The van der Waals surface area contributed by atoms with Gasteiger partial charge >= 0.3 is 0 Å². The van der Waals surface area contributed by atoms with Crippen molar-refractivity contribution < 1.29 is 18.0 Å². The third-order valence-electron chi connectivity index (χ3n) is 4.80. The van der Waals surface area contributed by atoms with Gasteiger partial charge in [-0.15, -0.1) is 0 Å². The lowest BCUT2D eigenvalue weighted by Crippen LogP contribution is -2.42. The van der Waals surface area contributed by atoms with Crippen LogP contribution in [0.1, 0.15) is 26.2 Å². The molecule has 122 valence electrons. The van der Waals surface area contributed by atoms with E-state index in [1.54, 1.807) is 4.90 Å². The molecule has 0 aliphatic carbocycles. The Morgan fingerprint density at radius 2 is 2.14 bits per heavy atom. The third kappa shape index (κ3) is 3.04. The van der Waals surface area contributed by atoms with E-state index in [0.717, 1.165) is 6.42 Å². The van der Waals surface area contributed by atoms with Gasteiger partial charge in [0.2, 0.25) is 11.8 Å². The monoisotopic (exact) mass is 326 g/mol. The van der Waals surface area contributed by atoms with Crippen LogP contribution in [0.2, 0.25) is 0 Å². The summed E-state index contributed by atoms with van der Waals surface area (Å²) in [6.07, 6.45) is 3.72. The van der Waals surface area contributed by atoms with E-state index in [1.165, 1.54) is 5.57 Å². The molecule has 7 heteroatoms. The summed E-state index contributed by atoms with van der Waals surface area (Å²) in [5, 5.41) is 0. The molecule has 2 amide bonds. The molecular weight excluding hydrogens is 304 g/mol. The van der Waals surface area contributed by atoms with E-state index in [0.29, 0.717) is 26.1 Å². The average Bonchev–Trinajstić information content (AvgIpc) is 3.00. The fourth-order valence-electron chi connectivity index (χ4n) is 3.63. The topological polar surface area (TPSA) is 74.8 Å². The van der Waals surface area contributed by atoms with Gasteiger partial charge in [0, 0.05) is 32.1 Å². The molecule has 2 saturated heterocycles. The first-order chi connectivity index (χ1) is 10.4. The zero-order valence-corrected chi connectivity index (χ0v) is 13.6. The van der Waals surface area contributed by atoms with Gasteiger partial charge in [-0.3, -0.25) is 9.59 Å². The first-order valence-corrected chi connectivity index (χ1v) is 9.62. The Morgan fingerprint density at radius 3 is 2.77 bits per heavy atom. The van der Waals surface area contributed by atoms with Crippen molar-refractivity contribution in [2.45, 2.75) is 32.2 Å². The van der Waals surface area contributed by atoms with Crippen LogP contribution in [-0.4, -0.2) is 67.2 Å². The number of likely N-dealkylation sites (tertiary alicyclic amines) is 1. The molecule has 0 aromatic heterocycles. The molecule has 0 bridgehead atoms. The number of rotatable bonds is 2. The van der Waals surface area contributed by atoms with Crippen LogP contribution in [0.25, 0.3) is 0 Å². The van der Waals surface area contributed by atoms with Crippen molar-refractivity contribution in [1.82, 2.24) is 9.80 Å². The molecule has 2 atom stereocenters. The van der Waals surface area contributed by atoms with Crippen molar-refractivity contribution in [3.05, 3.63) is 11.6 Å². The predicted octanol–water partition coefficient (Wildman–Crippen LogP) is 0.201. The van der Waals surface area contributed by atoms with Gasteiger partial charge < -0.3 is 9.80 Å². The Labute approximate surface area is 131 Å². The molecule has 2 fully saturated rings. The van der Waals surface area contributed by atoms with Crippen LogP contribution < -0.4 is 0 Å². The minimum atomic E-state index is -3.02. The summed E-state index contributed by atoms with van der Waals surface area (Å²) in [7, 11) is -3.02. The minimum absolute atomic E-state index is 0.0316. The second-order valence-corrected chi connectivity index (χ2v) is 8.83. The highest BCUT2D eigenvalue weighted by Crippen LogP contribution is 2.27. The van der Waals surface area contributed by atoms with Crippen LogP contribution >= 0.6 is 0 Å². The molecule has 3 aliphatic rings. The van der Waals surface area contributed by atoms with Gasteiger partial charge in [0.05, 0.1) is 17.4 Å². The Morgan fingerprint density at radius 1 is 1.36 bits per heavy atom. The average molecular weight is 326 g/mol. The van der Waals surface area contributed by atoms with Gasteiger partial charge in [0.15, 0.2) is 9.84 Å². The van der Waals surface area contributed by atoms with Gasteiger partial charge in [-0.05, 0) is 19.8 Å². The van der Waals surface area contributed by atoms with E-state index >= 15 is 0 Å². The van der Waals surface area contributed by atoms with Crippen molar-refractivity contribution in [2.75, 3.05) is 31.1 Å². The van der Waals surface area contributed by atoms with E-state index in [4.69, 9.17) is 0 Å². The number of carbonyl (C=O) groups excluding carboxylic acids is 2. The van der Waals surface area contributed by atoms with Crippen LogP contribution in [0.4, 0.5) is 0 Å². The number of sulfone groups is 1.